The Kier molecular flexibility index (Phi) is 8.91. The summed E-state index contributed by atoms with van der Waals surface area (Å²) in [7, 11) is 0. The monoisotopic (exact) mass is 307 g/mol. The number of aromatic nitrogens is 2. The van der Waals surface area contributed by atoms with Crippen LogP contribution in [0.25, 0.3) is 0 Å². The molecule has 2 rings (SSSR count). The van der Waals surface area contributed by atoms with Gasteiger partial charge < -0.3 is 5.32 Å². The molecule has 1 aromatic heterocycles. The SMILES string of the molecule is CC.CC.CC(=O)NCc1nc(C)c2c(n1)CCC(C)(C)C2. The van der Waals surface area contributed by atoms with Crippen LogP contribution in [0.5, 0.6) is 0 Å². The number of carbonyl (C=O) groups excluding carboxylic acids is 1. The molecule has 1 aromatic rings. The van der Waals surface area contributed by atoms with Crippen LogP contribution in [0.2, 0.25) is 0 Å². The Bertz CT molecular complexity index is 481. The number of nitrogens with one attached hydrogen (secondary N) is 1. The van der Waals surface area contributed by atoms with Crippen LogP contribution in [0.4, 0.5) is 0 Å². The number of rotatable bonds is 2. The lowest BCUT2D eigenvalue weighted by molar-refractivity contribution is -0.119. The number of amides is 1. The molecule has 22 heavy (non-hydrogen) atoms. The van der Waals surface area contributed by atoms with Crippen LogP contribution in [-0.2, 0) is 24.2 Å². The van der Waals surface area contributed by atoms with Crippen molar-refractivity contribution in [2.24, 2.45) is 5.41 Å². The minimum atomic E-state index is -0.0462. The minimum absolute atomic E-state index is 0.0462. The lowest BCUT2D eigenvalue weighted by Crippen LogP contribution is -2.26. The van der Waals surface area contributed by atoms with E-state index in [0.717, 1.165) is 30.8 Å². The first-order chi connectivity index (χ1) is 10.4. The van der Waals surface area contributed by atoms with Crippen molar-refractivity contribution >= 4 is 5.91 Å². The van der Waals surface area contributed by atoms with Gasteiger partial charge in [-0.05, 0) is 37.2 Å². The second-order valence-electron chi connectivity index (χ2n) is 5.90. The normalized spacial score (nSPS) is 14.5. The van der Waals surface area contributed by atoms with Crippen molar-refractivity contribution in [1.29, 1.82) is 0 Å². The summed E-state index contributed by atoms with van der Waals surface area (Å²) in [5.74, 6) is 0.677. The third-order valence-electron chi connectivity index (χ3n) is 3.54. The fraction of sp³-hybridized carbons (Fsp3) is 0.722. The summed E-state index contributed by atoms with van der Waals surface area (Å²) in [6, 6.07) is 0. The van der Waals surface area contributed by atoms with Crippen molar-refractivity contribution in [2.45, 2.75) is 81.2 Å². The Morgan fingerprint density at radius 3 is 2.32 bits per heavy atom. The molecule has 4 nitrogen and oxygen atoms in total. The van der Waals surface area contributed by atoms with Gasteiger partial charge in [-0.25, -0.2) is 9.97 Å². The molecule has 0 aromatic carbocycles. The minimum Gasteiger partial charge on any atom is -0.349 e. The quantitative estimate of drug-likeness (QED) is 0.899. The van der Waals surface area contributed by atoms with Gasteiger partial charge in [-0.2, -0.15) is 0 Å². The Labute approximate surface area is 136 Å². The van der Waals surface area contributed by atoms with E-state index in [2.05, 4.69) is 29.1 Å². The molecule has 0 bridgehead atoms. The maximum absolute atomic E-state index is 10.9. The van der Waals surface area contributed by atoms with Crippen molar-refractivity contribution in [3.05, 3.63) is 22.8 Å². The van der Waals surface area contributed by atoms with Gasteiger partial charge in [-0.3, -0.25) is 4.79 Å². The number of carbonyl (C=O) groups is 1. The van der Waals surface area contributed by atoms with Crippen molar-refractivity contribution in [1.82, 2.24) is 15.3 Å². The van der Waals surface area contributed by atoms with Crippen molar-refractivity contribution < 1.29 is 4.79 Å². The molecular formula is C18H33N3O. The van der Waals surface area contributed by atoms with E-state index < -0.39 is 0 Å². The zero-order chi connectivity index (χ0) is 17.3. The summed E-state index contributed by atoms with van der Waals surface area (Å²) in [6.45, 7) is 16.6. The molecule has 0 fully saturated rings. The van der Waals surface area contributed by atoms with Crippen molar-refractivity contribution in [3.8, 4) is 0 Å². The van der Waals surface area contributed by atoms with Gasteiger partial charge in [0.05, 0.1) is 6.54 Å². The highest BCUT2D eigenvalue weighted by atomic mass is 16.1. The number of hydrogen-bond donors (Lipinski definition) is 1. The molecule has 0 radical (unpaired) electrons. The summed E-state index contributed by atoms with van der Waals surface area (Å²) >= 11 is 0. The molecule has 0 atom stereocenters. The largest absolute Gasteiger partial charge is 0.349 e. The molecule has 126 valence electrons. The number of fused-ring (bicyclic) bond motifs is 1. The highest BCUT2D eigenvalue weighted by Gasteiger charge is 2.27. The van der Waals surface area contributed by atoms with Crippen LogP contribution in [0.3, 0.4) is 0 Å². The molecule has 0 saturated carbocycles. The molecular weight excluding hydrogens is 274 g/mol. The van der Waals surface area contributed by atoms with Gasteiger partial charge in [0.25, 0.3) is 0 Å². The topological polar surface area (TPSA) is 54.9 Å². The van der Waals surface area contributed by atoms with Crippen LogP contribution in [-0.4, -0.2) is 15.9 Å². The maximum atomic E-state index is 10.9. The average Bonchev–Trinajstić information content (AvgIpc) is 2.49. The lowest BCUT2D eigenvalue weighted by atomic mass is 9.75. The van der Waals surface area contributed by atoms with Gasteiger partial charge in [-0.15, -0.1) is 0 Å². The summed E-state index contributed by atoms with van der Waals surface area (Å²) in [5, 5.41) is 2.75. The van der Waals surface area contributed by atoms with E-state index in [4.69, 9.17) is 0 Å². The van der Waals surface area contributed by atoms with Gasteiger partial charge in [0.15, 0.2) is 0 Å². The molecule has 1 aliphatic rings. The molecule has 0 aliphatic heterocycles. The fourth-order valence-electron chi connectivity index (χ4n) is 2.46. The number of nitrogens with zero attached hydrogens (tertiary/aromatic N) is 2. The van der Waals surface area contributed by atoms with Gasteiger partial charge in [0.1, 0.15) is 5.82 Å². The Balaban J connectivity index is 0.00000102. The van der Waals surface area contributed by atoms with E-state index in [-0.39, 0.29) is 5.91 Å². The predicted molar refractivity (Wildman–Crippen MR) is 92.8 cm³/mol. The van der Waals surface area contributed by atoms with E-state index in [9.17, 15) is 4.79 Å². The third kappa shape index (κ3) is 6.12. The van der Waals surface area contributed by atoms with E-state index in [0.29, 0.717) is 12.0 Å². The van der Waals surface area contributed by atoms with Crippen LogP contribution >= 0.6 is 0 Å². The number of aryl methyl sites for hydroxylation is 2. The van der Waals surface area contributed by atoms with Crippen LogP contribution < -0.4 is 5.32 Å². The maximum Gasteiger partial charge on any atom is 0.217 e. The summed E-state index contributed by atoms with van der Waals surface area (Å²) < 4.78 is 0. The molecule has 0 saturated heterocycles. The standard InChI is InChI=1S/C14H21N3O.2C2H6/c1-9-11-7-14(3,4)6-5-12(11)17-13(16-9)8-15-10(2)18;2*1-2/h5-8H2,1-4H3,(H,15,18);2*1-2H3. The molecule has 0 spiro atoms. The van der Waals surface area contributed by atoms with E-state index in [1.54, 1.807) is 0 Å². The van der Waals surface area contributed by atoms with Gasteiger partial charge in [0, 0.05) is 18.3 Å². The molecule has 1 heterocycles. The zero-order valence-corrected chi connectivity index (χ0v) is 15.6. The molecule has 0 unspecified atom stereocenters. The Hall–Kier alpha value is -1.45. The smallest absolute Gasteiger partial charge is 0.217 e. The average molecular weight is 307 g/mol. The summed E-state index contributed by atoms with van der Waals surface area (Å²) in [5.41, 5.74) is 3.88. The van der Waals surface area contributed by atoms with E-state index in [1.807, 2.05) is 34.6 Å². The third-order valence-corrected chi connectivity index (χ3v) is 3.54. The second-order valence-corrected chi connectivity index (χ2v) is 5.90. The van der Waals surface area contributed by atoms with Crippen LogP contribution in [0.1, 0.15) is 77.7 Å². The van der Waals surface area contributed by atoms with E-state index >= 15 is 0 Å². The molecule has 1 N–H and O–H groups in total. The van der Waals surface area contributed by atoms with Crippen LogP contribution in [0.15, 0.2) is 0 Å². The summed E-state index contributed by atoms with van der Waals surface area (Å²) in [6.07, 6.45) is 3.23. The number of hydrogen-bond acceptors (Lipinski definition) is 3. The fourth-order valence-corrected chi connectivity index (χ4v) is 2.46. The van der Waals surface area contributed by atoms with Gasteiger partial charge in [0.2, 0.25) is 5.91 Å². The first-order valence-electron chi connectivity index (χ1n) is 8.47. The summed E-state index contributed by atoms with van der Waals surface area (Å²) in [4.78, 5) is 20.0. The second kappa shape index (κ2) is 9.54. The molecule has 1 aliphatic carbocycles. The van der Waals surface area contributed by atoms with Gasteiger partial charge >= 0.3 is 0 Å². The van der Waals surface area contributed by atoms with Crippen molar-refractivity contribution in [3.63, 3.8) is 0 Å². The zero-order valence-electron chi connectivity index (χ0n) is 15.6. The molecule has 1 amide bonds. The first-order valence-corrected chi connectivity index (χ1v) is 8.47. The van der Waals surface area contributed by atoms with E-state index in [1.165, 1.54) is 18.2 Å². The lowest BCUT2D eigenvalue weighted by Gasteiger charge is -2.31. The Morgan fingerprint density at radius 2 is 1.77 bits per heavy atom. The first kappa shape index (κ1) is 20.6. The van der Waals surface area contributed by atoms with Crippen molar-refractivity contribution in [2.75, 3.05) is 0 Å². The Morgan fingerprint density at radius 1 is 1.18 bits per heavy atom. The molecule has 4 heteroatoms. The predicted octanol–water partition coefficient (Wildman–Crippen LogP) is 3.99. The van der Waals surface area contributed by atoms with Crippen LogP contribution in [0, 0.1) is 12.3 Å². The highest BCUT2D eigenvalue weighted by molar-refractivity contribution is 5.72. The highest BCUT2D eigenvalue weighted by Crippen LogP contribution is 2.34. The van der Waals surface area contributed by atoms with Gasteiger partial charge in [-0.1, -0.05) is 41.5 Å².